The molecule has 38 heavy (non-hydrogen) atoms. The van der Waals surface area contributed by atoms with Crippen LogP contribution >= 0.6 is 0 Å². The lowest BCUT2D eigenvalue weighted by Gasteiger charge is -2.24. The molecule has 9 heteroatoms. The summed E-state index contributed by atoms with van der Waals surface area (Å²) in [6, 6.07) is 7.33. The van der Waals surface area contributed by atoms with Gasteiger partial charge in [-0.3, -0.25) is 14.4 Å². The molecule has 2 heterocycles. The minimum absolute atomic E-state index is 0.153. The van der Waals surface area contributed by atoms with Crippen LogP contribution in [0.4, 0.5) is 11.6 Å². The van der Waals surface area contributed by atoms with Crippen molar-refractivity contribution in [3.05, 3.63) is 76.7 Å². The van der Waals surface area contributed by atoms with Crippen LogP contribution in [0.2, 0.25) is 0 Å². The Morgan fingerprint density at radius 3 is 2.47 bits per heavy atom. The van der Waals surface area contributed by atoms with E-state index in [0.29, 0.717) is 40.7 Å². The highest BCUT2D eigenvalue weighted by atomic mass is 16.4. The van der Waals surface area contributed by atoms with E-state index in [1.807, 2.05) is 50.3 Å². The van der Waals surface area contributed by atoms with E-state index in [2.05, 4.69) is 41.0 Å². The largest absolute Gasteiger partial charge is 0.480 e. The molecule has 2 aromatic rings. The van der Waals surface area contributed by atoms with Crippen LogP contribution in [-0.4, -0.2) is 39.4 Å². The minimum Gasteiger partial charge on any atom is -0.480 e. The summed E-state index contributed by atoms with van der Waals surface area (Å²) in [6.07, 6.45) is 4.50. The third-order valence-corrected chi connectivity index (χ3v) is 6.95. The molecule has 0 unspecified atom stereocenters. The highest BCUT2D eigenvalue weighted by molar-refractivity contribution is 6.09. The van der Waals surface area contributed by atoms with Crippen molar-refractivity contribution in [1.29, 1.82) is 0 Å². The molecular weight excluding hydrogens is 482 g/mol. The highest BCUT2D eigenvalue weighted by Crippen LogP contribution is 2.45. The molecule has 200 valence electrons. The number of carboxylic acids is 1. The summed E-state index contributed by atoms with van der Waals surface area (Å²) >= 11 is 0. The number of benzene rings is 1. The number of aryl methyl sites for hydroxylation is 1. The van der Waals surface area contributed by atoms with Gasteiger partial charge in [0.05, 0.1) is 5.56 Å². The maximum atomic E-state index is 13.3. The van der Waals surface area contributed by atoms with E-state index in [9.17, 15) is 14.4 Å². The van der Waals surface area contributed by atoms with E-state index < -0.39 is 17.9 Å². The molecule has 0 aliphatic carbocycles. The Labute approximate surface area is 223 Å². The van der Waals surface area contributed by atoms with Gasteiger partial charge in [0.2, 0.25) is 11.8 Å². The smallest absolute Gasteiger partial charge is 0.322 e. The molecular formula is C29H35N5O4. The van der Waals surface area contributed by atoms with Crippen LogP contribution in [0.15, 0.2) is 54.1 Å². The van der Waals surface area contributed by atoms with Crippen LogP contribution in [0.25, 0.3) is 5.57 Å². The SMILES string of the molecule is C=C(C(/C=C\C)=C(/C)C(C)C)c1nc(N)c2c(n1)NC(=O)[C@@]2(C)c1ccc(CCC(=O)NCC(=O)O)cc1. The van der Waals surface area contributed by atoms with E-state index in [-0.39, 0.29) is 24.1 Å². The molecule has 0 saturated carbocycles. The van der Waals surface area contributed by atoms with Gasteiger partial charge in [-0.2, -0.15) is 0 Å². The normalized spacial score (nSPS) is 17.3. The zero-order chi connectivity index (χ0) is 28.2. The topological polar surface area (TPSA) is 147 Å². The molecule has 1 aromatic heterocycles. The number of fused-ring (bicyclic) bond motifs is 1. The monoisotopic (exact) mass is 517 g/mol. The van der Waals surface area contributed by atoms with Gasteiger partial charge in [-0.15, -0.1) is 0 Å². The Balaban J connectivity index is 1.90. The molecule has 2 amide bonds. The van der Waals surface area contributed by atoms with Crippen molar-refractivity contribution < 1.29 is 19.5 Å². The Bertz CT molecular complexity index is 1340. The lowest BCUT2D eigenvalue weighted by molar-refractivity contribution is -0.137. The zero-order valence-corrected chi connectivity index (χ0v) is 22.5. The number of aliphatic carboxylic acids is 1. The maximum Gasteiger partial charge on any atom is 0.322 e. The third-order valence-electron chi connectivity index (χ3n) is 6.95. The molecule has 0 saturated heterocycles. The molecule has 3 rings (SSSR count). The summed E-state index contributed by atoms with van der Waals surface area (Å²) in [5.74, 6) is -0.475. The first-order valence-corrected chi connectivity index (χ1v) is 12.5. The van der Waals surface area contributed by atoms with Crippen molar-refractivity contribution in [2.45, 2.75) is 52.9 Å². The number of carboxylic acid groups (broad SMARTS) is 1. The number of hydrogen-bond donors (Lipinski definition) is 4. The average molecular weight is 518 g/mol. The molecule has 0 radical (unpaired) electrons. The fourth-order valence-corrected chi connectivity index (χ4v) is 4.41. The van der Waals surface area contributed by atoms with Crippen LogP contribution in [0, 0.1) is 5.92 Å². The molecule has 1 aliphatic heterocycles. The summed E-state index contributed by atoms with van der Waals surface area (Å²) in [7, 11) is 0. The molecule has 9 nitrogen and oxygen atoms in total. The highest BCUT2D eigenvalue weighted by Gasteiger charge is 2.47. The molecule has 0 spiro atoms. The van der Waals surface area contributed by atoms with Gasteiger partial charge in [-0.05, 0) is 49.8 Å². The summed E-state index contributed by atoms with van der Waals surface area (Å²) in [6.45, 7) is 13.8. The first kappa shape index (κ1) is 28.3. The van der Waals surface area contributed by atoms with E-state index in [1.54, 1.807) is 6.92 Å². The number of nitrogens with two attached hydrogens (primary N) is 1. The van der Waals surface area contributed by atoms with Crippen LogP contribution in [-0.2, 0) is 26.2 Å². The number of carbonyl (C=O) groups excluding carboxylic acids is 2. The van der Waals surface area contributed by atoms with Gasteiger partial charge in [-0.1, -0.05) is 62.4 Å². The fraction of sp³-hybridized carbons (Fsp3) is 0.345. The van der Waals surface area contributed by atoms with Gasteiger partial charge in [0, 0.05) is 12.0 Å². The summed E-state index contributed by atoms with van der Waals surface area (Å²) in [5, 5.41) is 13.9. The number of anilines is 2. The van der Waals surface area contributed by atoms with Crippen molar-refractivity contribution in [2.75, 3.05) is 17.6 Å². The Hall–Kier alpha value is -4.27. The maximum absolute atomic E-state index is 13.3. The number of nitrogens with one attached hydrogen (secondary N) is 2. The van der Waals surface area contributed by atoms with Gasteiger partial charge in [0.25, 0.3) is 0 Å². The van der Waals surface area contributed by atoms with Gasteiger partial charge < -0.3 is 21.5 Å². The zero-order valence-electron chi connectivity index (χ0n) is 22.5. The lowest BCUT2D eigenvalue weighted by atomic mass is 9.77. The fourth-order valence-electron chi connectivity index (χ4n) is 4.41. The number of aromatic nitrogens is 2. The van der Waals surface area contributed by atoms with Crippen LogP contribution < -0.4 is 16.4 Å². The molecule has 0 bridgehead atoms. The number of nitrogens with zero attached hydrogens (tertiary/aromatic N) is 2. The average Bonchev–Trinajstić information content (AvgIpc) is 3.14. The Morgan fingerprint density at radius 2 is 1.89 bits per heavy atom. The number of allylic oxidation sites excluding steroid dienone is 5. The summed E-state index contributed by atoms with van der Waals surface area (Å²) in [5.41, 5.74) is 10.1. The predicted octanol–water partition coefficient (Wildman–Crippen LogP) is 4.01. The van der Waals surface area contributed by atoms with Crippen LogP contribution in [0.3, 0.4) is 0 Å². The van der Waals surface area contributed by atoms with E-state index in [0.717, 1.165) is 16.7 Å². The molecule has 5 N–H and O–H groups in total. The summed E-state index contributed by atoms with van der Waals surface area (Å²) < 4.78 is 0. The molecule has 1 aromatic carbocycles. The standard InChI is InChI=1S/C29H35N5O4/c1-7-8-21(17(4)16(2)3)18(5)26-32-25(30)24-27(33-26)34-28(38)29(24,6)20-12-9-19(10-13-20)11-14-22(35)31-15-23(36)37/h7-10,12-13,16H,5,11,14-15H2,1-4,6H3,(H,31,35)(H,36,37)(H3,30,32,33,34,38)/b8-7-,21-17-/t29-/m0/s1. The van der Waals surface area contributed by atoms with Gasteiger partial charge >= 0.3 is 5.97 Å². The van der Waals surface area contributed by atoms with Gasteiger partial charge in [0.15, 0.2) is 5.82 Å². The first-order chi connectivity index (χ1) is 17.9. The quantitative estimate of drug-likeness (QED) is 0.348. The van der Waals surface area contributed by atoms with Crippen molar-refractivity contribution in [2.24, 2.45) is 5.92 Å². The third kappa shape index (κ3) is 5.66. The van der Waals surface area contributed by atoms with Crippen molar-refractivity contribution in [3.63, 3.8) is 0 Å². The number of amides is 2. The van der Waals surface area contributed by atoms with E-state index in [1.165, 1.54) is 0 Å². The predicted molar refractivity (Wildman–Crippen MR) is 148 cm³/mol. The first-order valence-electron chi connectivity index (χ1n) is 12.5. The van der Waals surface area contributed by atoms with Crippen LogP contribution in [0.5, 0.6) is 0 Å². The van der Waals surface area contributed by atoms with Gasteiger partial charge in [0.1, 0.15) is 23.6 Å². The van der Waals surface area contributed by atoms with E-state index >= 15 is 0 Å². The summed E-state index contributed by atoms with van der Waals surface area (Å²) in [4.78, 5) is 44.9. The van der Waals surface area contributed by atoms with Crippen molar-refractivity contribution in [3.8, 4) is 0 Å². The van der Waals surface area contributed by atoms with Gasteiger partial charge in [-0.25, -0.2) is 9.97 Å². The second-order valence-corrected chi connectivity index (χ2v) is 9.83. The second-order valence-electron chi connectivity index (χ2n) is 9.83. The molecule has 0 fully saturated rings. The number of hydrogen-bond acceptors (Lipinski definition) is 6. The molecule has 1 aliphatic rings. The van der Waals surface area contributed by atoms with E-state index in [4.69, 9.17) is 10.8 Å². The number of rotatable bonds is 10. The van der Waals surface area contributed by atoms with Crippen molar-refractivity contribution >= 4 is 35.0 Å². The number of carbonyl (C=O) groups is 3. The second kappa shape index (κ2) is 11.4. The Morgan fingerprint density at radius 1 is 1.24 bits per heavy atom. The lowest BCUT2D eigenvalue weighted by Crippen LogP contribution is -2.33. The Kier molecular flexibility index (Phi) is 8.50. The minimum atomic E-state index is -1.10. The van der Waals surface area contributed by atoms with Crippen molar-refractivity contribution in [1.82, 2.24) is 15.3 Å². The molecule has 1 atom stereocenters. The number of nitrogen functional groups attached to an aromatic ring is 1. The van der Waals surface area contributed by atoms with Crippen LogP contribution in [0.1, 0.15) is 63.6 Å².